The molecule has 0 aromatic carbocycles. The van der Waals surface area contributed by atoms with E-state index in [2.05, 4.69) is 15.5 Å². The number of aryl methyl sites for hydroxylation is 2. The minimum absolute atomic E-state index is 0.0490. The molecule has 0 radical (unpaired) electrons. The number of halogens is 1. The number of nitrogens with one attached hydrogen (secondary N) is 1. The Morgan fingerprint density at radius 2 is 2.20 bits per heavy atom. The van der Waals surface area contributed by atoms with Crippen LogP contribution in [0.5, 0.6) is 0 Å². The van der Waals surface area contributed by atoms with Gasteiger partial charge in [0, 0.05) is 11.9 Å². The highest BCUT2D eigenvalue weighted by molar-refractivity contribution is 6.18. The molecule has 0 spiro atoms. The lowest BCUT2D eigenvalue weighted by Crippen LogP contribution is -2.34. The van der Waals surface area contributed by atoms with Crippen LogP contribution in [0.15, 0.2) is 6.07 Å². The highest BCUT2D eigenvalue weighted by Crippen LogP contribution is 2.05. The second-order valence-corrected chi connectivity index (χ2v) is 3.82. The molecular formula is C10H14ClN3O. The third kappa shape index (κ3) is 3.16. The fourth-order valence-corrected chi connectivity index (χ4v) is 1.20. The van der Waals surface area contributed by atoms with Crippen molar-refractivity contribution in [1.82, 2.24) is 15.5 Å². The highest BCUT2D eigenvalue weighted by atomic mass is 35.5. The van der Waals surface area contributed by atoms with Crippen molar-refractivity contribution in [3.05, 3.63) is 23.0 Å². The van der Waals surface area contributed by atoms with Gasteiger partial charge in [0.05, 0.1) is 17.0 Å². The van der Waals surface area contributed by atoms with Crippen molar-refractivity contribution in [2.45, 2.75) is 26.8 Å². The molecule has 0 bridgehead atoms. The number of aromatic nitrogens is 2. The van der Waals surface area contributed by atoms with Gasteiger partial charge >= 0.3 is 0 Å². The molecule has 0 aliphatic carbocycles. The average Bonchev–Trinajstić information content (AvgIpc) is 2.21. The summed E-state index contributed by atoms with van der Waals surface area (Å²) in [5.41, 5.74) is 1.91. The first kappa shape index (κ1) is 11.9. The van der Waals surface area contributed by atoms with Gasteiger partial charge in [-0.1, -0.05) is 0 Å². The monoisotopic (exact) mass is 227 g/mol. The van der Waals surface area contributed by atoms with Crippen LogP contribution < -0.4 is 5.32 Å². The number of alkyl halides is 1. The molecule has 1 rings (SSSR count). The largest absolute Gasteiger partial charge is 0.348 e. The van der Waals surface area contributed by atoms with E-state index >= 15 is 0 Å². The number of carbonyl (C=O) groups is 1. The molecule has 15 heavy (non-hydrogen) atoms. The fraction of sp³-hybridized carbons (Fsp3) is 0.500. The number of nitrogens with zero attached hydrogens (tertiary/aromatic N) is 2. The molecule has 0 saturated carbocycles. The van der Waals surface area contributed by atoms with Gasteiger partial charge in [-0.25, -0.2) is 0 Å². The van der Waals surface area contributed by atoms with Crippen molar-refractivity contribution in [3.8, 4) is 0 Å². The molecule has 1 aromatic rings. The Morgan fingerprint density at radius 1 is 1.53 bits per heavy atom. The van der Waals surface area contributed by atoms with E-state index in [1.807, 2.05) is 6.92 Å². The molecule has 1 atom stereocenters. The highest BCUT2D eigenvalue weighted by Gasteiger charge is 2.12. The summed E-state index contributed by atoms with van der Waals surface area (Å²) in [5, 5.41) is 10.5. The van der Waals surface area contributed by atoms with Crippen LogP contribution >= 0.6 is 11.6 Å². The third-order valence-electron chi connectivity index (χ3n) is 1.95. The summed E-state index contributed by atoms with van der Waals surface area (Å²) < 4.78 is 0. The lowest BCUT2D eigenvalue weighted by Gasteiger charge is -2.11. The SMILES string of the molecule is Cc1cc(C(=O)NC(C)CCl)c(C)nn1. The summed E-state index contributed by atoms with van der Waals surface area (Å²) in [4.78, 5) is 11.7. The first-order chi connectivity index (χ1) is 7.04. The Kier molecular flexibility index (Phi) is 4.03. The number of carbonyl (C=O) groups excluding carboxylic acids is 1. The second-order valence-electron chi connectivity index (χ2n) is 3.51. The Morgan fingerprint density at radius 3 is 2.80 bits per heavy atom. The molecule has 1 amide bonds. The quantitative estimate of drug-likeness (QED) is 0.796. The van der Waals surface area contributed by atoms with Crippen molar-refractivity contribution < 1.29 is 4.79 Å². The van der Waals surface area contributed by atoms with Crippen molar-refractivity contribution in [3.63, 3.8) is 0 Å². The van der Waals surface area contributed by atoms with Crippen LogP contribution in [-0.4, -0.2) is 28.0 Å². The minimum atomic E-state index is -0.154. The van der Waals surface area contributed by atoms with Crippen LogP contribution in [0, 0.1) is 13.8 Å². The predicted molar refractivity (Wildman–Crippen MR) is 59.2 cm³/mol. The van der Waals surface area contributed by atoms with Crippen LogP contribution in [-0.2, 0) is 0 Å². The zero-order valence-electron chi connectivity index (χ0n) is 9.04. The van der Waals surface area contributed by atoms with E-state index in [9.17, 15) is 4.79 Å². The number of hydrogen-bond acceptors (Lipinski definition) is 3. The summed E-state index contributed by atoms with van der Waals surface area (Å²) in [6.45, 7) is 5.41. The Bertz CT molecular complexity index is 368. The summed E-state index contributed by atoms with van der Waals surface area (Å²) in [7, 11) is 0. The van der Waals surface area contributed by atoms with Crippen LogP contribution in [0.4, 0.5) is 0 Å². The Hall–Kier alpha value is -1.16. The Balaban J connectivity index is 2.86. The molecule has 0 aliphatic heterocycles. The van der Waals surface area contributed by atoms with Gasteiger partial charge in [-0.3, -0.25) is 4.79 Å². The lowest BCUT2D eigenvalue weighted by atomic mass is 10.2. The predicted octanol–water partition coefficient (Wildman–Crippen LogP) is 1.45. The van der Waals surface area contributed by atoms with Gasteiger partial charge in [0.1, 0.15) is 0 Å². The lowest BCUT2D eigenvalue weighted by molar-refractivity contribution is 0.0942. The number of amides is 1. The van der Waals surface area contributed by atoms with Crippen molar-refractivity contribution >= 4 is 17.5 Å². The third-order valence-corrected chi connectivity index (χ3v) is 2.42. The topological polar surface area (TPSA) is 54.9 Å². The zero-order valence-corrected chi connectivity index (χ0v) is 9.80. The molecule has 82 valence electrons. The number of rotatable bonds is 3. The van der Waals surface area contributed by atoms with E-state index in [0.717, 1.165) is 5.69 Å². The second kappa shape index (κ2) is 5.07. The van der Waals surface area contributed by atoms with Crippen molar-refractivity contribution in [2.24, 2.45) is 0 Å². The van der Waals surface area contributed by atoms with E-state index in [1.165, 1.54) is 0 Å². The van der Waals surface area contributed by atoms with Crippen LogP contribution in [0.1, 0.15) is 28.7 Å². The van der Waals surface area contributed by atoms with Crippen molar-refractivity contribution in [1.29, 1.82) is 0 Å². The molecule has 4 nitrogen and oxygen atoms in total. The fourth-order valence-electron chi connectivity index (χ4n) is 1.12. The van der Waals surface area contributed by atoms with E-state index in [0.29, 0.717) is 17.1 Å². The maximum absolute atomic E-state index is 11.7. The molecular weight excluding hydrogens is 214 g/mol. The van der Waals surface area contributed by atoms with Gasteiger partial charge in [0.2, 0.25) is 0 Å². The average molecular weight is 228 g/mol. The van der Waals surface area contributed by atoms with E-state index in [1.54, 1.807) is 19.9 Å². The van der Waals surface area contributed by atoms with E-state index in [4.69, 9.17) is 11.6 Å². The molecule has 5 heteroatoms. The smallest absolute Gasteiger partial charge is 0.253 e. The summed E-state index contributed by atoms with van der Waals surface area (Å²) in [6.07, 6.45) is 0. The molecule has 0 saturated heterocycles. The first-order valence-corrected chi connectivity index (χ1v) is 5.25. The summed E-state index contributed by atoms with van der Waals surface area (Å²) >= 11 is 5.61. The summed E-state index contributed by atoms with van der Waals surface area (Å²) in [5.74, 6) is 0.237. The Labute approximate surface area is 94.0 Å². The molecule has 1 N–H and O–H groups in total. The van der Waals surface area contributed by atoms with E-state index in [-0.39, 0.29) is 11.9 Å². The molecule has 0 aliphatic rings. The van der Waals surface area contributed by atoms with Crippen LogP contribution in [0.2, 0.25) is 0 Å². The standard InChI is InChI=1S/C10H14ClN3O/c1-6-4-9(8(3)14-13-6)10(15)12-7(2)5-11/h4,7H,5H2,1-3H3,(H,12,15). The molecule has 1 aromatic heterocycles. The maximum Gasteiger partial charge on any atom is 0.253 e. The molecule has 1 unspecified atom stereocenters. The van der Waals surface area contributed by atoms with Gasteiger partial charge in [0.15, 0.2) is 0 Å². The normalized spacial score (nSPS) is 12.3. The van der Waals surface area contributed by atoms with Gasteiger partial charge < -0.3 is 5.32 Å². The maximum atomic E-state index is 11.7. The van der Waals surface area contributed by atoms with Gasteiger partial charge in [-0.05, 0) is 26.8 Å². The first-order valence-electron chi connectivity index (χ1n) is 4.72. The van der Waals surface area contributed by atoms with Crippen LogP contribution in [0.3, 0.4) is 0 Å². The van der Waals surface area contributed by atoms with Crippen molar-refractivity contribution in [2.75, 3.05) is 5.88 Å². The minimum Gasteiger partial charge on any atom is -0.348 e. The van der Waals surface area contributed by atoms with Crippen LogP contribution in [0.25, 0.3) is 0 Å². The van der Waals surface area contributed by atoms with Gasteiger partial charge in [-0.15, -0.1) is 11.6 Å². The van der Waals surface area contributed by atoms with E-state index < -0.39 is 0 Å². The van der Waals surface area contributed by atoms with Gasteiger partial charge in [0.25, 0.3) is 5.91 Å². The van der Waals surface area contributed by atoms with Gasteiger partial charge in [-0.2, -0.15) is 10.2 Å². The molecule has 1 heterocycles. The zero-order chi connectivity index (χ0) is 11.4. The molecule has 0 fully saturated rings. The number of hydrogen-bond donors (Lipinski definition) is 1. The summed E-state index contributed by atoms with van der Waals surface area (Å²) in [6, 6.07) is 1.67.